The van der Waals surface area contributed by atoms with Crippen LogP contribution >= 0.6 is 11.3 Å². The van der Waals surface area contributed by atoms with Gasteiger partial charge in [-0.25, -0.2) is 19.3 Å². The quantitative estimate of drug-likeness (QED) is 0.554. The highest BCUT2D eigenvalue weighted by molar-refractivity contribution is 7.13. The lowest BCUT2D eigenvalue weighted by molar-refractivity contribution is 0.631. The first-order chi connectivity index (χ1) is 12.3. The molecule has 0 saturated heterocycles. The van der Waals surface area contributed by atoms with Crippen LogP contribution in [0.3, 0.4) is 0 Å². The number of benzene rings is 2. The van der Waals surface area contributed by atoms with Gasteiger partial charge in [-0.3, -0.25) is 0 Å². The van der Waals surface area contributed by atoms with Crippen molar-refractivity contribution in [2.45, 2.75) is 0 Å². The molecule has 0 radical (unpaired) electrons. The van der Waals surface area contributed by atoms with Gasteiger partial charge in [-0.15, -0.1) is 11.3 Å². The van der Waals surface area contributed by atoms with E-state index in [1.165, 1.54) is 17.4 Å². The molecule has 1 N–H and O–H groups in total. The molecule has 6 heteroatoms. The average molecular weight is 348 g/mol. The van der Waals surface area contributed by atoms with Crippen LogP contribution in [0.4, 0.5) is 16.0 Å². The lowest BCUT2D eigenvalue weighted by Crippen LogP contribution is -1.98. The summed E-state index contributed by atoms with van der Waals surface area (Å²) in [5.41, 5.74) is 2.90. The van der Waals surface area contributed by atoms with Crippen molar-refractivity contribution in [3.8, 4) is 21.8 Å². The molecule has 4 nitrogen and oxygen atoms in total. The van der Waals surface area contributed by atoms with Crippen LogP contribution in [0.5, 0.6) is 0 Å². The first-order valence-electron chi connectivity index (χ1n) is 7.64. The Kier molecular flexibility index (Phi) is 4.18. The number of hydrogen-bond acceptors (Lipinski definition) is 5. The van der Waals surface area contributed by atoms with Gasteiger partial charge in [-0.1, -0.05) is 30.3 Å². The third-order valence-corrected chi connectivity index (χ3v) is 4.41. The molecule has 25 heavy (non-hydrogen) atoms. The van der Waals surface area contributed by atoms with E-state index in [0.29, 0.717) is 11.5 Å². The number of nitrogens with one attached hydrogen (secondary N) is 1. The van der Waals surface area contributed by atoms with Gasteiger partial charge in [-0.2, -0.15) is 0 Å². The Morgan fingerprint density at radius 3 is 2.68 bits per heavy atom. The molecular weight excluding hydrogens is 335 g/mol. The molecule has 0 spiro atoms. The van der Waals surface area contributed by atoms with Crippen LogP contribution in [0.1, 0.15) is 0 Å². The van der Waals surface area contributed by atoms with Gasteiger partial charge >= 0.3 is 0 Å². The first-order valence-corrected chi connectivity index (χ1v) is 8.52. The first kappa shape index (κ1) is 15.4. The highest BCUT2D eigenvalue weighted by Gasteiger charge is 2.07. The Morgan fingerprint density at radius 2 is 1.84 bits per heavy atom. The molecule has 0 atom stereocenters. The number of aromatic nitrogens is 3. The van der Waals surface area contributed by atoms with E-state index in [1.807, 2.05) is 41.8 Å². The zero-order valence-electron chi connectivity index (χ0n) is 13.1. The summed E-state index contributed by atoms with van der Waals surface area (Å²) >= 11 is 1.52. The zero-order chi connectivity index (χ0) is 17.1. The lowest BCUT2D eigenvalue weighted by Gasteiger charge is -2.08. The monoisotopic (exact) mass is 348 g/mol. The predicted molar refractivity (Wildman–Crippen MR) is 98.3 cm³/mol. The second-order valence-electron chi connectivity index (χ2n) is 5.29. The standard InChI is InChI=1S/C19H13FN4S/c20-16-7-2-1-6-15(16)13-4-3-5-14(12-13)23-19-22-9-8-17(24-19)18-21-10-11-25-18/h1-12H,(H,22,23,24). The van der Waals surface area contributed by atoms with Crippen molar-refractivity contribution >= 4 is 23.0 Å². The van der Waals surface area contributed by atoms with Gasteiger partial charge in [0, 0.05) is 29.0 Å². The number of anilines is 2. The van der Waals surface area contributed by atoms with Crippen molar-refractivity contribution in [2.24, 2.45) is 0 Å². The Hall–Kier alpha value is -3.12. The third-order valence-electron chi connectivity index (χ3n) is 3.61. The van der Waals surface area contributed by atoms with E-state index in [1.54, 1.807) is 24.5 Å². The highest BCUT2D eigenvalue weighted by Crippen LogP contribution is 2.26. The summed E-state index contributed by atoms with van der Waals surface area (Å²) in [6, 6.07) is 16.0. The molecule has 0 aliphatic heterocycles. The molecular formula is C19H13FN4S. The molecule has 0 fully saturated rings. The molecule has 0 aliphatic rings. The Morgan fingerprint density at radius 1 is 0.920 bits per heavy atom. The average Bonchev–Trinajstić information content (AvgIpc) is 3.17. The molecule has 122 valence electrons. The number of thiazole rings is 1. The van der Waals surface area contributed by atoms with Crippen molar-refractivity contribution in [2.75, 3.05) is 5.32 Å². The minimum absolute atomic E-state index is 0.248. The number of rotatable bonds is 4. The Balaban J connectivity index is 1.63. The third kappa shape index (κ3) is 3.39. The fourth-order valence-electron chi connectivity index (χ4n) is 2.48. The maximum Gasteiger partial charge on any atom is 0.227 e. The Bertz CT molecular complexity index is 1000. The minimum Gasteiger partial charge on any atom is -0.324 e. The fraction of sp³-hybridized carbons (Fsp3) is 0. The minimum atomic E-state index is -0.248. The second kappa shape index (κ2) is 6.78. The molecule has 2 aromatic heterocycles. The van der Waals surface area contributed by atoms with E-state index >= 15 is 0 Å². The summed E-state index contributed by atoms with van der Waals surface area (Å²) in [5, 5.41) is 5.91. The van der Waals surface area contributed by atoms with Crippen molar-refractivity contribution < 1.29 is 4.39 Å². The normalized spacial score (nSPS) is 10.6. The molecule has 0 amide bonds. The molecule has 2 heterocycles. The molecule has 4 aromatic rings. The molecule has 4 rings (SSSR count). The van der Waals surface area contributed by atoms with Crippen molar-refractivity contribution in [1.29, 1.82) is 0 Å². The van der Waals surface area contributed by atoms with Crippen LogP contribution in [0.15, 0.2) is 72.4 Å². The van der Waals surface area contributed by atoms with Crippen molar-refractivity contribution in [1.82, 2.24) is 15.0 Å². The summed E-state index contributed by atoms with van der Waals surface area (Å²) in [6.07, 6.45) is 3.43. The van der Waals surface area contributed by atoms with Crippen LogP contribution in [-0.4, -0.2) is 15.0 Å². The number of nitrogens with zero attached hydrogens (tertiary/aromatic N) is 3. The summed E-state index contributed by atoms with van der Waals surface area (Å²) < 4.78 is 14.0. The van der Waals surface area contributed by atoms with Crippen LogP contribution in [-0.2, 0) is 0 Å². The summed E-state index contributed by atoms with van der Waals surface area (Å²) in [5.74, 6) is 0.222. The number of halogens is 1. The maximum absolute atomic E-state index is 14.0. The predicted octanol–water partition coefficient (Wildman–Crippen LogP) is 5.15. The van der Waals surface area contributed by atoms with Gasteiger partial charge in [0.25, 0.3) is 0 Å². The van der Waals surface area contributed by atoms with Crippen molar-refractivity contribution in [3.05, 3.63) is 78.2 Å². The SMILES string of the molecule is Fc1ccccc1-c1cccc(Nc2nccc(-c3nccs3)n2)c1. The zero-order valence-corrected chi connectivity index (χ0v) is 13.9. The molecule has 0 aliphatic carbocycles. The van der Waals surface area contributed by atoms with Gasteiger partial charge in [0.05, 0.1) is 0 Å². The largest absolute Gasteiger partial charge is 0.324 e. The van der Waals surface area contributed by atoms with Crippen LogP contribution in [0.2, 0.25) is 0 Å². The van der Waals surface area contributed by atoms with E-state index in [0.717, 1.165) is 22.0 Å². The molecule has 0 unspecified atom stereocenters. The van der Waals surface area contributed by atoms with Gasteiger partial charge in [0.15, 0.2) is 0 Å². The van der Waals surface area contributed by atoms with E-state index in [-0.39, 0.29) is 5.82 Å². The van der Waals surface area contributed by atoms with Crippen molar-refractivity contribution in [3.63, 3.8) is 0 Å². The highest BCUT2D eigenvalue weighted by atomic mass is 32.1. The number of hydrogen-bond donors (Lipinski definition) is 1. The maximum atomic E-state index is 14.0. The second-order valence-corrected chi connectivity index (χ2v) is 6.18. The molecule has 0 saturated carbocycles. The van der Waals surface area contributed by atoms with E-state index < -0.39 is 0 Å². The van der Waals surface area contributed by atoms with Crippen LogP contribution in [0.25, 0.3) is 21.8 Å². The fourth-order valence-corrected chi connectivity index (χ4v) is 3.08. The molecule has 0 bridgehead atoms. The topological polar surface area (TPSA) is 50.7 Å². The lowest BCUT2D eigenvalue weighted by atomic mass is 10.0. The smallest absolute Gasteiger partial charge is 0.227 e. The van der Waals surface area contributed by atoms with E-state index in [4.69, 9.17) is 0 Å². The molecule has 2 aromatic carbocycles. The van der Waals surface area contributed by atoms with Gasteiger partial charge in [0.2, 0.25) is 5.95 Å². The summed E-state index contributed by atoms with van der Waals surface area (Å²) in [4.78, 5) is 13.0. The summed E-state index contributed by atoms with van der Waals surface area (Å²) in [6.45, 7) is 0. The van der Waals surface area contributed by atoms with Gasteiger partial charge in [-0.05, 0) is 29.8 Å². The van der Waals surface area contributed by atoms with Gasteiger partial charge in [0.1, 0.15) is 16.5 Å². The summed E-state index contributed by atoms with van der Waals surface area (Å²) in [7, 11) is 0. The van der Waals surface area contributed by atoms with Crippen LogP contribution < -0.4 is 5.32 Å². The van der Waals surface area contributed by atoms with Crippen LogP contribution in [0, 0.1) is 5.82 Å². The Labute approximate surface area is 148 Å². The van der Waals surface area contributed by atoms with E-state index in [9.17, 15) is 4.39 Å². The van der Waals surface area contributed by atoms with Gasteiger partial charge < -0.3 is 5.32 Å². The van der Waals surface area contributed by atoms with E-state index in [2.05, 4.69) is 20.3 Å².